The molecule has 56 valence electrons. The summed E-state index contributed by atoms with van der Waals surface area (Å²) < 4.78 is 0. The number of aliphatic imine (C=N–C) groups is 1. The molecular formula is C8H14N2. The van der Waals surface area contributed by atoms with Crippen molar-refractivity contribution in [3.8, 4) is 0 Å². The third-order valence-electron chi connectivity index (χ3n) is 1.92. The molecule has 0 aromatic heterocycles. The summed E-state index contributed by atoms with van der Waals surface area (Å²) in [5, 5.41) is 0. The van der Waals surface area contributed by atoms with Gasteiger partial charge in [0.2, 0.25) is 0 Å². The predicted molar refractivity (Wildman–Crippen MR) is 44.1 cm³/mol. The van der Waals surface area contributed by atoms with Gasteiger partial charge >= 0.3 is 0 Å². The van der Waals surface area contributed by atoms with E-state index in [4.69, 9.17) is 0 Å². The highest BCUT2D eigenvalue weighted by atomic mass is 15.1. The molecule has 10 heavy (non-hydrogen) atoms. The lowest BCUT2D eigenvalue weighted by atomic mass is 10.2. The molecule has 0 bridgehead atoms. The molecule has 1 rings (SSSR count). The Bertz CT molecular complexity index is 201. The van der Waals surface area contributed by atoms with E-state index in [9.17, 15) is 0 Å². The second-order valence-corrected chi connectivity index (χ2v) is 2.87. The zero-order valence-electron chi connectivity index (χ0n) is 7.10. The number of allylic oxidation sites excluding steroid dienone is 2. The maximum Gasteiger partial charge on any atom is 0.0560 e. The number of rotatable bonds is 0. The summed E-state index contributed by atoms with van der Waals surface area (Å²) in [6.45, 7) is 7.19. The number of nitrogens with zero attached hydrogens (tertiary/aromatic N) is 2. The Morgan fingerprint density at radius 3 is 2.40 bits per heavy atom. The van der Waals surface area contributed by atoms with Gasteiger partial charge in [-0.3, -0.25) is 4.99 Å². The SMILES string of the molecule is CC1=NC(C)=C(C)N(C)C1. The van der Waals surface area contributed by atoms with E-state index >= 15 is 0 Å². The molecule has 0 spiro atoms. The Labute approximate surface area is 62.3 Å². The predicted octanol–water partition coefficient (Wildman–Crippen LogP) is 1.64. The van der Waals surface area contributed by atoms with E-state index in [1.807, 2.05) is 0 Å². The molecule has 0 aromatic rings. The van der Waals surface area contributed by atoms with Crippen LogP contribution in [0, 0.1) is 0 Å². The van der Waals surface area contributed by atoms with Gasteiger partial charge in [0, 0.05) is 18.5 Å². The highest BCUT2D eigenvalue weighted by molar-refractivity contribution is 5.85. The molecule has 0 N–H and O–H groups in total. The zero-order chi connectivity index (χ0) is 7.72. The fourth-order valence-corrected chi connectivity index (χ4v) is 1.14. The van der Waals surface area contributed by atoms with Gasteiger partial charge < -0.3 is 4.90 Å². The van der Waals surface area contributed by atoms with Crippen LogP contribution in [0.5, 0.6) is 0 Å². The highest BCUT2D eigenvalue weighted by Gasteiger charge is 2.09. The monoisotopic (exact) mass is 138 g/mol. The Balaban J connectivity index is 2.92. The molecule has 0 aromatic carbocycles. The molecule has 0 fully saturated rings. The summed E-state index contributed by atoms with van der Waals surface area (Å²) in [4.78, 5) is 6.59. The minimum absolute atomic E-state index is 0.975. The van der Waals surface area contributed by atoms with Crippen molar-refractivity contribution in [3.63, 3.8) is 0 Å². The third kappa shape index (κ3) is 1.20. The molecule has 2 nitrogen and oxygen atoms in total. The van der Waals surface area contributed by atoms with Crippen molar-refractivity contribution >= 4 is 5.71 Å². The molecule has 1 heterocycles. The van der Waals surface area contributed by atoms with Crippen LogP contribution in [0.1, 0.15) is 20.8 Å². The topological polar surface area (TPSA) is 15.6 Å². The zero-order valence-corrected chi connectivity index (χ0v) is 7.10. The Kier molecular flexibility index (Phi) is 1.79. The van der Waals surface area contributed by atoms with Crippen LogP contribution in [0.4, 0.5) is 0 Å². The minimum atomic E-state index is 0.975. The van der Waals surface area contributed by atoms with Gasteiger partial charge in [-0.25, -0.2) is 0 Å². The van der Waals surface area contributed by atoms with Gasteiger partial charge in [0.1, 0.15) is 0 Å². The van der Waals surface area contributed by atoms with E-state index in [1.54, 1.807) is 0 Å². The average molecular weight is 138 g/mol. The molecule has 1 aliphatic rings. The molecule has 0 saturated heterocycles. The lowest BCUT2D eigenvalue weighted by Gasteiger charge is -2.24. The van der Waals surface area contributed by atoms with Crippen LogP contribution < -0.4 is 0 Å². The molecule has 0 aliphatic carbocycles. The van der Waals surface area contributed by atoms with Crippen molar-refractivity contribution in [1.29, 1.82) is 0 Å². The van der Waals surface area contributed by atoms with Crippen molar-refractivity contribution in [2.24, 2.45) is 4.99 Å². The molecule has 0 atom stereocenters. The standard InChI is InChI=1S/C8H14N2/c1-6-5-10(4)8(3)7(2)9-6/h5H2,1-4H3. The van der Waals surface area contributed by atoms with Gasteiger partial charge in [-0.15, -0.1) is 0 Å². The fourth-order valence-electron chi connectivity index (χ4n) is 1.14. The van der Waals surface area contributed by atoms with Crippen molar-refractivity contribution in [1.82, 2.24) is 4.90 Å². The lowest BCUT2D eigenvalue weighted by molar-refractivity contribution is 0.463. The van der Waals surface area contributed by atoms with Gasteiger partial charge in [-0.05, 0) is 20.8 Å². The normalized spacial score (nSPS) is 19.6. The number of hydrogen-bond acceptors (Lipinski definition) is 2. The Morgan fingerprint density at radius 1 is 1.30 bits per heavy atom. The Hall–Kier alpha value is -0.790. The van der Waals surface area contributed by atoms with Crippen molar-refractivity contribution in [3.05, 3.63) is 11.4 Å². The van der Waals surface area contributed by atoms with E-state index in [2.05, 4.69) is 37.7 Å². The molecule has 0 amide bonds. The van der Waals surface area contributed by atoms with Crippen LogP contribution in [0.2, 0.25) is 0 Å². The van der Waals surface area contributed by atoms with Crippen molar-refractivity contribution < 1.29 is 0 Å². The molecule has 0 unspecified atom stereocenters. The molecular weight excluding hydrogens is 124 g/mol. The second kappa shape index (κ2) is 2.45. The van der Waals surface area contributed by atoms with Crippen molar-refractivity contribution in [2.45, 2.75) is 20.8 Å². The summed E-state index contributed by atoms with van der Waals surface area (Å²) in [5.74, 6) is 0. The molecule has 0 radical (unpaired) electrons. The first-order valence-corrected chi connectivity index (χ1v) is 3.54. The van der Waals surface area contributed by atoms with Gasteiger partial charge in [0.15, 0.2) is 0 Å². The summed E-state index contributed by atoms with van der Waals surface area (Å²) in [5.41, 5.74) is 3.63. The summed E-state index contributed by atoms with van der Waals surface area (Å²) in [6.07, 6.45) is 0. The first-order valence-electron chi connectivity index (χ1n) is 3.54. The van der Waals surface area contributed by atoms with E-state index in [-0.39, 0.29) is 0 Å². The van der Waals surface area contributed by atoms with Gasteiger partial charge in [-0.1, -0.05) is 0 Å². The van der Waals surface area contributed by atoms with Crippen molar-refractivity contribution in [2.75, 3.05) is 13.6 Å². The minimum Gasteiger partial charge on any atom is -0.371 e. The fraction of sp³-hybridized carbons (Fsp3) is 0.625. The van der Waals surface area contributed by atoms with Gasteiger partial charge in [0.25, 0.3) is 0 Å². The maximum absolute atomic E-state index is 4.37. The van der Waals surface area contributed by atoms with Crippen LogP contribution in [0.25, 0.3) is 0 Å². The van der Waals surface area contributed by atoms with Gasteiger partial charge in [0.05, 0.1) is 12.2 Å². The van der Waals surface area contributed by atoms with E-state index in [1.165, 1.54) is 11.4 Å². The van der Waals surface area contributed by atoms with E-state index in [0.717, 1.165) is 12.2 Å². The summed E-state index contributed by atoms with van der Waals surface area (Å²) >= 11 is 0. The average Bonchev–Trinajstić information content (AvgIpc) is 1.82. The summed E-state index contributed by atoms with van der Waals surface area (Å²) in [6, 6.07) is 0. The first-order chi connectivity index (χ1) is 4.61. The first kappa shape index (κ1) is 7.32. The largest absolute Gasteiger partial charge is 0.371 e. The lowest BCUT2D eigenvalue weighted by Crippen LogP contribution is -2.26. The maximum atomic E-state index is 4.37. The van der Waals surface area contributed by atoms with Crippen LogP contribution in [0.3, 0.4) is 0 Å². The molecule has 2 heteroatoms. The number of hydrogen-bond donors (Lipinski definition) is 0. The highest BCUT2D eigenvalue weighted by Crippen LogP contribution is 2.13. The third-order valence-corrected chi connectivity index (χ3v) is 1.92. The second-order valence-electron chi connectivity index (χ2n) is 2.87. The van der Waals surface area contributed by atoms with Gasteiger partial charge in [-0.2, -0.15) is 0 Å². The van der Waals surface area contributed by atoms with Crippen LogP contribution in [-0.2, 0) is 0 Å². The van der Waals surface area contributed by atoms with Crippen LogP contribution >= 0.6 is 0 Å². The summed E-state index contributed by atoms with van der Waals surface area (Å²) in [7, 11) is 2.09. The Morgan fingerprint density at radius 2 is 1.90 bits per heavy atom. The van der Waals surface area contributed by atoms with Crippen LogP contribution in [0.15, 0.2) is 16.4 Å². The van der Waals surface area contributed by atoms with E-state index in [0.29, 0.717) is 0 Å². The quantitative estimate of drug-likeness (QED) is 0.497. The smallest absolute Gasteiger partial charge is 0.0560 e. The van der Waals surface area contributed by atoms with E-state index < -0.39 is 0 Å². The molecule has 0 saturated carbocycles. The molecule has 1 aliphatic heterocycles. The van der Waals surface area contributed by atoms with Crippen LogP contribution in [-0.4, -0.2) is 24.2 Å².